The van der Waals surface area contributed by atoms with Gasteiger partial charge in [-0.05, 0) is 12.2 Å². The van der Waals surface area contributed by atoms with Crippen molar-refractivity contribution < 1.29 is 0 Å². The van der Waals surface area contributed by atoms with Crippen LogP contribution in [0.1, 0.15) is 0 Å². The number of aliphatic imine (C=N–C) groups is 1. The van der Waals surface area contributed by atoms with Crippen molar-refractivity contribution in [1.29, 1.82) is 0 Å². The molecule has 1 aliphatic rings. The maximum absolute atomic E-state index is 4.65. The molecule has 0 fully saturated rings. The molecule has 4 heteroatoms. The summed E-state index contributed by atoms with van der Waals surface area (Å²) in [5, 5.41) is 3.12. The van der Waals surface area contributed by atoms with Crippen LogP contribution in [0.5, 0.6) is 0 Å². The Morgan fingerprint density at radius 3 is 2.43 bits per heavy atom. The van der Waals surface area contributed by atoms with Gasteiger partial charge in [-0.15, -0.1) is 0 Å². The van der Waals surface area contributed by atoms with Gasteiger partial charge in [0, 0.05) is 0 Å². The maximum Gasteiger partial charge on any atom is 0.197 e. The summed E-state index contributed by atoms with van der Waals surface area (Å²) in [6.07, 6.45) is 1.53. The molecule has 0 atom stereocenters. The van der Waals surface area contributed by atoms with Gasteiger partial charge < -0.3 is 5.32 Å². The van der Waals surface area contributed by atoms with Crippen LogP contribution in [-0.2, 0) is 0 Å². The van der Waals surface area contributed by atoms with E-state index in [0.717, 1.165) is 0 Å². The molecule has 0 amide bonds. The van der Waals surface area contributed by atoms with Gasteiger partial charge in [-0.1, -0.05) is 12.2 Å². The Kier molecular flexibility index (Phi) is 1.12. The summed E-state index contributed by atoms with van der Waals surface area (Å²) in [5.74, 6) is 0. The predicted octanol–water partition coefficient (Wildman–Crippen LogP) is 0.273. The molecule has 0 bridgehead atoms. The lowest BCUT2D eigenvalue weighted by atomic mass is 10.8. The molecular formula is C3H2N2S2. The van der Waals surface area contributed by atoms with Gasteiger partial charge in [0.25, 0.3) is 0 Å². The molecule has 1 N–H and O–H groups in total. The summed E-state index contributed by atoms with van der Waals surface area (Å²) >= 11 is 9.25. The maximum atomic E-state index is 4.65. The summed E-state index contributed by atoms with van der Waals surface area (Å²) in [7, 11) is 0. The van der Waals surface area contributed by atoms with E-state index < -0.39 is 0 Å². The third-order valence-electron chi connectivity index (χ3n) is 0.529. The van der Waals surface area contributed by atoms with Gasteiger partial charge in [0.05, 0.1) is 6.21 Å². The van der Waals surface area contributed by atoms with Crippen LogP contribution in [0.2, 0.25) is 0 Å². The van der Waals surface area contributed by atoms with E-state index >= 15 is 0 Å². The topological polar surface area (TPSA) is 24.4 Å². The molecule has 0 aliphatic carbocycles. The lowest BCUT2D eigenvalue weighted by Crippen LogP contribution is -2.18. The standard InChI is InChI=1S/C3H2N2S2/c6-2-1-4-3(7)5-2/h1H,(H,5,6,7). The second kappa shape index (κ2) is 1.63. The molecule has 0 saturated heterocycles. The number of hydrogen-bond donors (Lipinski definition) is 1. The van der Waals surface area contributed by atoms with Crippen molar-refractivity contribution in [2.75, 3.05) is 0 Å². The minimum absolute atomic E-state index is 0.463. The number of nitrogens with zero attached hydrogens (tertiary/aromatic N) is 1. The summed E-state index contributed by atoms with van der Waals surface area (Å²) in [6, 6.07) is 0. The lowest BCUT2D eigenvalue weighted by Gasteiger charge is -1.84. The molecule has 1 aliphatic heterocycles. The Bertz CT molecular complexity index is 133. The first-order chi connectivity index (χ1) is 3.29. The van der Waals surface area contributed by atoms with Crippen molar-refractivity contribution in [3.8, 4) is 0 Å². The smallest absolute Gasteiger partial charge is 0.197 e. The molecule has 0 saturated carbocycles. The van der Waals surface area contributed by atoms with Gasteiger partial charge >= 0.3 is 0 Å². The molecule has 0 spiro atoms. The minimum atomic E-state index is 0.463. The third kappa shape index (κ3) is 1.01. The lowest BCUT2D eigenvalue weighted by molar-refractivity contribution is 1.47. The number of thiocarbonyl (C=S) groups is 2. The van der Waals surface area contributed by atoms with Gasteiger partial charge in [0.15, 0.2) is 5.11 Å². The van der Waals surface area contributed by atoms with Crippen molar-refractivity contribution in [1.82, 2.24) is 5.32 Å². The molecule has 1 rings (SSSR count). The first kappa shape index (κ1) is 4.80. The van der Waals surface area contributed by atoms with E-state index in [1.54, 1.807) is 0 Å². The zero-order chi connectivity index (χ0) is 5.28. The van der Waals surface area contributed by atoms with Crippen LogP contribution in [0.25, 0.3) is 0 Å². The SMILES string of the molecule is S=C1C=NC(=S)N1. The molecule has 7 heavy (non-hydrogen) atoms. The van der Waals surface area contributed by atoms with Crippen LogP contribution in [0.3, 0.4) is 0 Å². The monoisotopic (exact) mass is 130 g/mol. The molecule has 36 valence electrons. The van der Waals surface area contributed by atoms with E-state index in [1.165, 1.54) is 6.21 Å². The van der Waals surface area contributed by atoms with Crippen LogP contribution in [0.15, 0.2) is 4.99 Å². The Morgan fingerprint density at radius 2 is 2.29 bits per heavy atom. The van der Waals surface area contributed by atoms with Crippen LogP contribution in [-0.4, -0.2) is 16.3 Å². The van der Waals surface area contributed by atoms with Gasteiger partial charge in [-0.25, -0.2) is 4.99 Å². The van der Waals surface area contributed by atoms with E-state index in [-0.39, 0.29) is 0 Å². The molecule has 0 radical (unpaired) electrons. The summed E-state index contributed by atoms with van der Waals surface area (Å²) in [4.78, 5) is 4.27. The normalized spacial score (nSPS) is 17.7. The quantitative estimate of drug-likeness (QED) is 0.476. The van der Waals surface area contributed by atoms with E-state index in [1.807, 2.05) is 0 Å². The average Bonchev–Trinajstić information content (AvgIpc) is 1.87. The molecular weight excluding hydrogens is 128 g/mol. The van der Waals surface area contributed by atoms with Gasteiger partial charge in [-0.3, -0.25) is 0 Å². The molecule has 0 unspecified atom stereocenters. The van der Waals surface area contributed by atoms with Crippen LogP contribution in [0.4, 0.5) is 0 Å². The number of rotatable bonds is 0. The second-order valence-corrected chi connectivity index (χ2v) is 1.88. The van der Waals surface area contributed by atoms with Crippen LogP contribution < -0.4 is 5.32 Å². The van der Waals surface area contributed by atoms with E-state index in [4.69, 9.17) is 0 Å². The fraction of sp³-hybridized carbons (Fsp3) is 0. The van der Waals surface area contributed by atoms with Crippen molar-refractivity contribution in [3.05, 3.63) is 0 Å². The van der Waals surface area contributed by atoms with Crippen molar-refractivity contribution in [2.24, 2.45) is 4.99 Å². The Labute approximate surface area is 51.6 Å². The van der Waals surface area contributed by atoms with Crippen molar-refractivity contribution in [2.45, 2.75) is 0 Å². The highest BCUT2D eigenvalue weighted by molar-refractivity contribution is 7.83. The first-order valence-corrected chi connectivity index (χ1v) is 2.50. The van der Waals surface area contributed by atoms with Gasteiger partial charge in [0.2, 0.25) is 0 Å². The molecule has 0 aromatic rings. The minimum Gasteiger partial charge on any atom is -0.321 e. The highest BCUT2D eigenvalue weighted by Gasteiger charge is 2.00. The third-order valence-corrected chi connectivity index (χ3v) is 0.944. The van der Waals surface area contributed by atoms with Crippen LogP contribution in [0, 0.1) is 0 Å². The first-order valence-electron chi connectivity index (χ1n) is 1.68. The van der Waals surface area contributed by atoms with Gasteiger partial charge in [-0.2, -0.15) is 0 Å². The molecule has 0 aromatic carbocycles. The van der Waals surface area contributed by atoms with Crippen molar-refractivity contribution >= 4 is 40.8 Å². The van der Waals surface area contributed by atoms with Crippen molar-refractivity contribution in [3.63, 3.8) is 0 Å². The summed E-state index contributed by atoms with van der Waals surface area (Å²) < 4.78 is 0. The molecule has 1 heterocycles. The molecule has 0 aromatic heterocycles. The van der Waals surface area contributed by atoms with Crippen LogP contribution >= 0.6 is 24.4 Å². The molecule has 2 nitrogen and oxygen atoms in total. The summed E-state index contributed by atoms with van der Waals surface area (Å²) in [6.45, 7) is 0. The van der Waals surface area contributed by atoms with E-state index in [9.17, 15) is 0 Å². The number of hydrogen-bond acceptors (Lipinski definition) is 2. The fourth-order valence-corrected chi connectivity index (χ4v) is 0.664. The summed E-state index contributed by atoms with van der Waals surface area (Å²) in [5.41, 5.74) is 0. The zero-order valence-corrected chi connectivity index (χ0v) is 4.97. The zero-order valence-electron chi connectivity index (χ0n) is 3.34. The largest absolute Gasteiger partial charge is 0.321 e. The Morgan fingerprint density at radius 1 is 1.57 bits per heavy atom. The predicted molar refractivity (Wildman–Crippen MR) is 36.8 cm³/mol. The van der Waals surface area contributed by atoms with E-state index in [2.05, 4.69) is 34.7 Å². The fourth-order valence-electron chi connectivity index (χ4n) is 0.287. The number of nitrogens with one attached hydrogen (secondary N) is 1. The highest BCUT2D eigenvalue weighted by Crippen LogP contribution is 1.82. The Hall–Kier alpha value is -0.350. The highest BCUT2D eigenvalue weighted by atomic mass is 32.1. The average molecular weight is 130 g/mol. The Balaban J connectivity index is 2.76. The second-order valence-electron chi connectivity index (χ2n) is 1.05. The van der Waals surface area contributed by atoms with E-state index in [0.29, 0.717) is 10.1 Å². The van der Waals surface area contributed by atoms with Gasteiger partial charge in [0.1, 0.15) is 4.99 Å².